The number of carbonyl (C=O) groups is 2. The number of ether oxygens (including phenoxy) is 1. The molecule has 1 unspecified atom stereocenters. The molecule has 0 spiro atoms. The number of benzene rings is 1. The Balaban J connectivity index is 1.65. The molecule has 0 bridgehead atoms. The number of nitrogens with one attached hydrogen (secondary N) is 1. The Morgan fingerprint density at radius 3 is 2.59 bits per heavy atom. The number of hydrogen-bond acceptors (Lipinski definition) is 4. The van der Waals surface area contributed by atoms with E-state index in [0.29, 0.717) is 24.5 Å². The Labute approximate surface area is 178 Å². The van der Waals surface area contributed by atoms with Gasteiger partial charge in [0.25, 0.3) is 0 Å². The normalized spacial score (nSPS) is 21.2. The molecule has 0 aromatic heterocycles. The first kappa shape index (κ1) is 21.9. The zero-order valence-electron chi connectivity index (χ0n) is 17.6. The fourth-order valence-electron chi connectivity index (χ4n) is 4.12. The van der Waals surface area contributed by atoms with Gasteiger partial charge in [0.2, 0.25) is 5.91 Å². The Hall–Kier alpha value is -1.79. The van der Waals surface area contributed by atoms with Crippen molar-refractivity contribution in [1.82, 2.24) is 15.1 Å². The van der Waals surface area contributed by atoms with Crippen LogP contribution in [0.15, 0.2) is 24.3 Å². The molecule has 1 N–H and O–H groups in total. The predicted molar refractivity (Wildman–Crippen MR) is 114 cm³/mol. The van der Waals surface area contributed by atoms with E-state index in [4.69, 9.17) is 16.3 Å². The molecule has 160 valence electrons. The van der Waals surface area contributed by atoms with Crippen LogP contribution in [0.5, 0.6) is 0 Å². The van der Waals surface area contributed by atoms with Gasteiger partial charge >= 0.3 is 6.09 Å². The van der Waals surface area contributed by atoms with Gasteiger partial charge < -0.3 is 10.1 Å². The number of amides is 2. The Morgan fingerprint density at radius 1 is 1.21 bits per heavy atom. The first-order valence-corrected chi connectivity index (χ1v) is 10.9. The highest BCUT2D eigenvalue weighted by Gasteiger charge is 2.37. The summed E-state index contributed by atoms with van der Waals surface area (Å²) in [4.78, 5) is 29.4. The van der Waals surface area contributed by atoms with Crippen LogP contribution in [-0.4, -0.2) is 59.6 Å². The first-order valence-electron chi connectivity index (χ1n) is 10.5. The lowest BCUT2D eigenvalue weighted by Crippen LogP contribution is -2.49. The molecule has 0 saturated carbocycles. The highest BCUT2D eigenvalue weighted by atomic mass is 35.5. The van der Waals surface area contributed by atoms with E-state index in [2.05, 4.69) is 16.3 Å². The lowest BCUT2D eigenvalue weighted by molar-refractivity contribution is -0.125. The summed E-state index contributed by atoms with van der Waals surface area (Å²) in [6.07, 6.45) is 3.39. The van der Waals surface area contributed by atoms with Crippen molar-refractivity contribution in [3.63, 3.8) is 0 Å². The minimum atomic E-state index is -0.575. The second-order valence-electron chi connectivity index (χ2n) is 8.89. The molecule has 2 amide bonds. The summed E-state index contributed by atoms with van der Waals surface area (Å²) in [5, 5.41) is 3.79. The van der Waals surface area contributed by atoms with Crippen LogP contribution in [0.2, 0.25) is 5.02 Å². The Bertz CT molecular complexity index is 728. The van der Waals surface area contributed by atoms with Gasteiger partial charge in [-0.3, -0.25) is 14.6 Å². The van der Waals surface area contributed by atoms with E-state index in [-0.39, 0.29) is 11.9 Å². The van der Waals surface area contributed by atoms with Crippen molar-refractivity contribution in [2.75, 3.05) is 26.2 Å². The standard InChI is InChI=1S/C22H32ClN3O3/c1-22(2,3)29-21(28)26-13-7-10-18(26)20(27)24-15-19(25-11-4-5-12-25)16-8-6-9-17(23)14-16/h6,8-9,14,18-19H,4-5,7,10-13,15H2,1-3H3,(H,24,27)/t18-,19?/m0/s1. The number of halogens is 1. The Kier molecular flexibility index (Phi) is 7.06. The van der Waals surface area contributed by atoms with Crippen molar-refractivity contribution in [2.45, 2.75) is 64.1 Å². The van der Waals surface area contributed by atoms with E-state index in [1.165, 1.54) is 12.8 Å². The van der Waals surface area contributed by atoms with Gasteiger partial charge in [0, 0.05) is 18.1 Å². The first-order chi connectivity index (χ1) is 13.7. The van der Waals surface area contributed by atoms with Crippen LogP contribution in [0.3, 0.4) is 0 Å². The SMILES string of the molecule is CC(C)(C)OC(=O)N1CCC[C@H]1C(=O)NCC(c1cccc(Cl)c1)N1CCCC1. The third kappa shape index (κ3) is 5.86. The van der Waals surface area contributed by atoms with E-state index >= 15 is 0 Å². The van der Waals surface area contributed by atoms with E-state index in [1.54, 1.807) is 4.90 Å². The molecule has 7 heteroatoms. The maximum atomic E-state index is 12.9. The minimum Gasteiger partial charge on any atom is -0.444 e. The fraction of sp³-hybridized carbons (Fsp3) is 0.636. The maximum Gasteiger partial charge on any atom is 0.410 e. The molecule has 0 radical (unpaired) electrons. The van der Waals surface area contributed by atoms with Crippen LogP contribution in [0, 0.1) is 0 Å². The summed E-state index contributed by atoms with van der Waals surface area (Å²) in [5.41, 5.74) is 0.531. The average Bonchev–Trinajstić information content (AvgIpc) is 3.32. The van der Waals surface area contributed by atoms with Gasteiger partial charge in [-0.25, -0.2) is 4.79 Å². The maximum absolute atomic E-state index is 12.9. The van der Waals surface area contributed by atoms with Crippen LogP contribution >= 0.6 is 11.6 Å². The summed E-state index contributed by atoms with van der Waals surface area (Å²) in [6, 6.07) is 7.45. The van der Waals surface area contributed by atoms with E-state index < -0.39 is 17.7 Å². The van der Waals surface area contributed by atoms with Crippen LogP contribution in [0.25, 0.3) is 0 Å². The van der Waals surface area contributed by atoms with Gasteiger partial charge in [-0.1, -0.05) is 23.7 Å². The second kappa shape index (κ2) is 9.35. The zero-order chi connectivity index (χ0) is 21.0. The van der Waals surface area contributed by atoms with Crippen molar-refractivity contribution < 1.29 is 14.3 Å². The van der Waals surface area contributed by atoms with Crippen molar-refractivity contribution in [3.05, 3.63) is 34.9 Å². The van der Waals surface area contributed by atoms with Gasteiger partial charge in [-0.15, -0.1) is 0 Å². The van der Waals surface area contributed by atoms with Gasteiger partial charge in [0.15, 0.2) is 0 Å². The highest BCUT2D eigenvalue weighted by molar-refractivity contribution is 6.30. The van der Waals surface area contributed by atoms with E-state index in [0.717, 1.165) is 25.1 Å². The van der Waals surface area contributed by atoms with Crippen molar-refractivity contribution in [2.24, 2.45) is 0 Å². The molecule has 2 fully saturated rings. The van der Waals surface area contributed by atoms with Crippen LogP contribution in [0.4, 0.5) is 4.79 Å². The predicted octanol–water partition coefficient (Wildman–Crippen LogP) is 3.99. The molecule has 3 rings (SSSR count). The lowest BCUT2D eigenvalue weighted by atomic mass is 10.1. The number of likely N-dealkylation sites (tertiary alicyclic amines) is 2. The molecule has 2 aliphatic heterocycles. The Morgan fingerprint density at radius 2 is 1.93 bits per heavy atom. The summed E-state index contributed by atoms with van der Waals surface area (Å²) in [7, 11) is 0. The number of nitrogens with zero attached hydrogens (tertiary/aromatic N) is 2. The molecule has 2 aliphatic rings. The zero-order valence-corrected chi connectivity index (χ0v) is 18.4. The molecule has 6 nitrogen and oxygen atoms in total. The second-order valence-corrected chi connectivity index (χ2v) is 9.33. The summed E-state index contributed by atoms with van der Waals surface area (Å²) >= 11 is 6.20. The van der Waals surface area contributed by atoms with Crippen LogP contribution in [0.1, 0.15) is 58.1 Å². The molecule has 1 aromatic rings. The molecule has 2 atom stereocenters. The van der Waals surface area contributed by atoms with Gasteiger partial charge in [-0.05, 0) is 77.2 Å². The monoisotopic (exact) mass is 421 g/mol. The molecule has 0 aliphatic carbocycles. The lowest BCUT2D eigenvalue weighted by Gasteiger charge is -2.30. The topological polar surface area (TPSA) is 61.9 Å². The highest BCUT2D eigenvalue weighted by Crippen LogP contribution is 2.27. The number of rotatable bonds is 5. The largest absolute Gasteiger partial charge is 0.444 e. The van der Waals surface area contributed by atoms with E-state index in [1.807, 2.05) is 39.0 Å². The fourth-order valence-corrected chi connectivity index (χ4v) is 4.32. The van der Waals surface area contributed by atoms with Crippen molar-refractivity contribution in [3.8, 4) is 0 Å². The molecule has 2 saturated heterocycles. The van der Waals surface area contributed by atoms with E-state index in [9.17, 15) is 9.59 Å². The van der Waals surface area contributed by atoms with Gasteiger partial charge in [0.05, 0.1) is 6.04 Å². The molecular formula is C22H32ClN3O3. The van der Waals surface area contributed by atoms with Gasteiger partial charge in [-0.2, -0.15) is 0 Å². The van der Waals surface area contributed by atoms with Crippen molar-refractivity contribution in [1.29, 1.82) is 0 Å². The molecule has 2 heterocycles. The minimum absolute atomic E-state index is 0.0801. The third-order valence-corrected chi connectivity index (χ3v) is 5.70. The summed E-state index contributed by atoms with van der Waals surface area (Å²) in [5.74, 6) is -0.111. The molecule has 1 aromatic carbocycles. The van der Waals surface area contributed by atoms with Crippen LogP contribution < -0.4 is 5.32 Å². The number of carbonyl (C=O) groups excluding carboxylic acids is 2. The number of hydrogen-bond donors (Lipinski definition) is 1. The van der Waals surface area contributed by atoms with Gasteiger partial charge in [0.1, 0.15) is 11.6 Å². The summed E-state index contributed by atoms with van der Waals surface area (Å²) in [6.45, 7) is 8.58. The third-order valence-electron chi connectivity index (χ3n) is 5.47. The van der Waals surface area contributed by atoms with Crippen molar-refractivity contribution >= 4 is 23.6 Å². The quantitative estimate of drug-likeness (QED) is 0.780. The molecular weight excluding hydrogens is 390 g/mol. The smallest absolute Gasteiger partial charge is 0.410 e. The molecule has 29 heavy (non-hydrogen) atoms. The van der Waals surface area contributed by atoms with Crippen LogP contribution in [-0.2, 0) is 9.53 Å². The average molecular weight is 422 g/mol. The summed E-state index contributed by atoms with van der Waals surface area (Å²) < 4.78 is 5.48.